The second kappa shape index (κ2) is 18.4. The predicted molar refractivity (Wildman–Crippen MR) is 227 cm³/mol. The number of methoxy groups -OCH3 is 1. The second-order valence-electron chi connectivity index (χ2n) is 16.7. The fraction of sp³-hybridized carbons (Fsp3) is 0.636. The first-order valence-corrected chi connectivity index (χ1v) is 22.1. The van der Waals surface area contributed by atoms with Gasteiger partial charge < -0.3 is 19.1 Å². The maximum absolute atomic E-state index is 12.0. The Morgan fingerprint density at radius 1 is 1.15 bits per heavy atom. The summed E-state index contributed by atoms with van der Waals surface area (Å²) in [5.41, 5.74) is 4.05. The van der Waals surface area contributed by atoms with Crippen LogP contribution in [0.5, 0.6) is 5.75 Å². The molecule has 1 aliphatic carbocycles. The smallest absolute Gasteiger partial charge is 0.150 e. The summed E-state index contributed by atoms with van der Waals surface area (Å²) >= 11 is 6.51. The molecule has 8 nitrogen and oxygen atoms in total. The lowest BCUT2D eigenvalue weighted by Crippen LogP contribution is -2.65. The Labute approximate surface area is 333 Å². The molecule has 7 unspecified atom stereocenters. The van der Waals surface area contributed by atoms with Gasteiger partial charge >= 0.3 is 0 Å². The van der Waals surface area contributed by atoms with E-state index in [1.807, 2.05) is 38.4 Å². The van der Waals surface area contributed by atoms with Gasteiger partial charge in [0.25, 0.3) is 0 Å². The van der Waals surface area contributed by atoms with E-state index in [1.54, 1.807) is 0 Å². The summed E-state index contributed by atoms with van der Waals surface area (Å²) in [4.78, 5) is 19.8. The largest absolute Gasteiger partial charge is 0.491 e. The fourth-order valence-corrected chi connectivity index (χ4v) is 10.4. The van der Waals surface area contributed by atoms with Crippen LogP contribution in [0.3, 0.4) is 0 Å². The van der Waals surface area contributed by atoms with E-state index in [9.17, 15) is 4.79 Å². The van der Waals surface area contributed by atoms with Gasteiger partial charge in [-0.1, -0.05) is 62.9 Å². The predicted octanol–water partition coefficient (Wildman–Crippen LogP) is 7.71. The standard InChI is InChI=1S/C44H65ClN4O4S/c1-8-10-35-24-38(45)14-15-39(35)37-26-48(41-23-34(27-50)12-17-42(41)53-28-37)25-36-13-16-40(36)44(51-6,18-9-11-32(2)33(3)54(7)46-5)29-47-19-21-49(22-20-47)43(4)30-52-31-43/h9,12,14-15,17-18,23-24,27,32-33,36-37,40,46H,7-8,10-11,13,16,19-22,25-26,28-31H2,1-6H3/b18-9+. The van der Waals surface area contributed by atoms with E-state index < -0.39 is 5.60 Å². The first-order valence-electron chi connectivity index (χ1n) is 20.3. The third-order valence-electron chi connectivity index (χ3n) is 13.1. The van der Waals surface area contributed by atoms with Crippen LogP contribution in [0.25, 0.3) is 0 Å². The highest BCUT2D eigenvalue weighted by Crippen LogP contribution is 2.47. The molecule has 3 heterocycles. The highest BCUT2D eigenvalue weighted by atomic mass is 35.5. The van der Waals surface area contributed by atoms with E-state index in [4.69, 9.17) is 25.8 Å². The van der Waals surface area contributed by atoms with Gasteiger partial charge in [-0.05, 0) is 98.9 Å². The number of carbonyl (C=O) groups excluding carboxylic acids is 1. The topological polar surface area (TPSA) is 66.5 Å². The Hall–Kier alpha value is -2.24. The van der Waals surface area contributed by atoms with Crippen molar-refractivity contribution in [2.24, 2.45) is 17.8 Å². The lowest BCUT2D eigenvalue weighted by molar-refractivity contribution is -0.146. The average molecular weight is 782 g/mol. The summed E-state index contributed by atoms with van der Waals surface area (Å²) in [6, 6.07) is 12.2. The Morgan fingerprint density at radius 2 is 1.93 bits per heavy atom. The Bertz CT molecular complexity index is 1630. The zero-order valence-electron chi connectivity index (χ0n) is 33.7. The van der Waals surface area contributed by atoms with Gasteiger partial charge in [-0.2, -0.15) is 0 Å². The minimum Gasteiger partial charge on any atom is -0.491 e. The Balaban J connectivity index is 1.27. The maximum Gasteiger partial charge on any atom is 0.150 e. The lowest BCUT2D eigenvalue weighted by Gasteiger charge is -2.53. The van der Waals surface area contributed by atoms with Crippen molar-refractivity contribution in [3.63, 3.8) is 0 Å². The van der Waals surface area contributed by atoms with E-state index in [2.05, 4.69) is 77.3 Å². The quantitative estimate of drug-likeness (QED) is 0.0996. The number of ether oxygens (including phenoxy) is 3. The Kier molecular flexibility index (Phi) is 14.1. The van der Waals surface area contributed by atoms with Crippen LogP contribution in [0.2, 0.25) is 5.02 Å². The van der Waals surface area contributed by atoms with E-state index in [0.29, 0.717) is 35.2 Å². The molecular formula is C44H65ClN4O4S. The summed E-state index contributed by atoms with van der Waals surface area (Å²) in [6.45, 7) is 18.2. The monoisotopic (exact) mass is 780 g/mol. The number of aldehydes is 1. The molecule has 0 spiro atoms. The van der Waals surface area contributed by atoms with Gasteiger partial charge in [0, 0.05) is 74.7 Å². The van der Waals surface area contributed by atoms with Gasteiger partial charge in [0.05, 0.1) is 31.0 Å². The van der Waals surface area contributed by atoms with Crippen LogP contribution in [0.1, 0.15) is 80.8 Å². The van der Waals surface area contributed by atoms with Crippen molar-refractivity contribution in [1.82, 2.24) is 14.5 Å². The van der Waals surface area contributed by atoms with Crippen molar-refractivity contribution < 1.29 is 19.0 Å². The van der Waals surface area contributed by atoms with Crippen LogP contribution in [-0.4, -0.2) is 118 Å². The summed E-state index contributed by atoms with van der Waals surface area (Å²) in [5, 5.41) is 1.25. The van der Waals surface area contributed by atoms with Crippen molar-refractivity contribution in [3.05, 3.63) is 70.3 Å². The molecule has 54 heavy (non-hydrogen) atoms. The zero-order valence-corrected chi connectivity index (χ0v) is 35.2. The summed E-state index contributed by atoms with van der Waals surface area (Å²) in [6.07, 6.45) is 11.1. The molecule has 298 valence electrons. The molecule has 3 fully saturated rings. The molecule has 0 radical (unpaired) electrons. The molecule has 1 saturated carbocycles. The number of nitrogens with zero attached hydrogens (tertiary/aromatic N) is 3. The molecule has 2 saturated heterocycles. The number of benzene rings is 2. The molecule has 1 N–H and O–H groups in total. The molecule has 2 aromatic carbocycles. The summed E-state index contributed by atoms with van der Waals surface area (Å²) in [5.74, 6) is 6.65. The van der Waals surface area contributed by atoms with Crippen molar-refractivity contribution >= 4 is 40.1 Å². The highest BCUT2D eigenvalue weighted by molar-refractivity contribution is 8.12. The van der Waals surface area contributed by atoms with Gasteiger partial charge in [-0.25, -0.2) is 0 Å². The molecule has 3 aliphatic heterocycles. The molecule has 10 heteroatoms. The molecule has 4 aliphatic rings. The lowest BCUT2D eigenvalue weighted by atomic mass is 9.63. The van der Waals surface area contributed by atoms with E-state index in [-0.39, 0.29) is 22.1 Å². The van der Waals surface area contributed by atoms with E-state index in [0.717, 1.165) is 114 Å². The number of hydrogen-bond donors (Lipinski definition) is 1. The van der Waals surface area contributed by atoms with Gasteiger partial charge in [0.2, 0.25) is 0 Å². The molecular weight excluding hydrogens is 716 g/mol. The number of rotatable bonds is 17. The minimum atomic E-state index is -0.410. The van der Waals surface area contributed by atoms with Gasteiger partial charge in [0.15, 0.2) is 0 Å². The van der Waals surface area contributed by atoms with Crippen molar-refractivity contribution in [2.45, 2.75) is 82.1 Å². The maximum atomic E-state index is 12.0. The van der Waals surface area contributed by atoms with Crippen LogP contribution < -0.4 is 14.4 Å². The number of nitrogens with one attached hydrogen (secondary N) is 1. The number of halogens is 1. The van der Waals surface area contributed by atoms with Crippen LogP contribution in [-0.2, 0) is 15.9 Å². The fourth-order valence-electron chi connectivity index (χ4n) is 9.21. The average Bonchev–Trinajstić information content (AvgIpc) is 3.34. The molecule has 0 aromatic heterocycles. The summed E-state index contributed by atoms with van der Waals surface area (Å²) < 4.78 is 22.3. The minimum absolute atomic E-state index is 0.0745. The molecule has 6 rings (SSSR count). The van der Waals surface area contributed by atoms with Crippen molar-refractivity contribution in [3.8, 4) is 5.75 Å². The normalized spacial score (nSPS) is 26.1. The van der Waals surface area contributed by atoms with Crippen molar-refractivity contribution in [1.29, 1.82) is 0 Å². The van der Waals surface area contributed by atoms with Crippen molar-refractivity contribution in [2.75, 3.05) is 84.7 Å². The molecule has 2 aromatic rings. The van der Waals surface area contributed by atoms with Crippen LogP contribution in [0, 0.1) is 17.8 Å². The Morgan fingerprint density at radius 3 is 2.56 bits per heavy atom. The number of aryl methyl sites for hydroxylation is 1. The third kappa shape index (κ3) is 9.14. The zero-order chi connectivity index (χ0) is 38.5. The first-order chi connectivity index (χ1) is 26.0. The second-order valence-corrected chi connectivity index (χ2v) is 19.1. The van der Waals surface area contributed by atoms with Crippen LogP contribution in [0.15, 0.2) is 48.6 Å². The number of allylic oxidation sites excluding steroid dienone is 1. The van der Waals surface area contributed by atoms with Gasteiger partial charge in [0.1, 0.15) is 17.6 Å². The molecule has 0 amide bonds. The SMILES string of the molecule is C=S(NC)C(C)C(C)C/C=C/C(CN1CCN(C2(C)COC2)CC1)(OC)C1CCC1CN1CC(c2ccc(Cl)cc2CCC)COc2ccc(C=O)cc21. The summed E-state index contributed by atoms with van der Waals surface area (Å²) in [7, 11) is 3.87. The number of anilines is 1. The number of piperazine rings is 1. The first kappa shape index (κ1) is 41.4. The molecule has 0 bridgehead atoms. The molecule has 7 atom stereocenters. The van der Waals surface area contributed by atoms with Gasteiger partial charge in [-0.3, -0.25) is 19.3 Å². The number of hydrogen-bond acceptors (Lipinski definition) is 8. The number of fused-ring (bicyclic) bond motifs is 1. The van der Waals surface area contributed by atoms with E-state index >= 15 is 0 Å². The van der Waals surface area contributed by atoms with Gasteiger partial charge in [-0.15, -0.1) is 10.7 Å². The third-order valence-corrected chi connectivity index (χ3v) is 15.3. The van der Waals surface area contributed by atoms with Crippen LogP contribution >= 0.6 is 22.3 Å². The number of carbonyl (C=O) groups is 1. The van der Waals surface area contributed by atoms with Crippen LogP contribution in [0.4, 0.5) is 5.69 Å². The highest BCUT2D eigenvalue weighted by Gasteiger charge is 2.49. The van der Waals surface area contributed by atoms with E-state index in [1.165, 1.54) is 11.1 Å².